The van der Waals surface area contributed by atoms with E-state index in [2.05, 4.69) is 42.4 Å². The highest BCUT2D eigenvalue weighted by molar-refractivity contribution is 5.89. The van der Waals surface area contributed by atoms with Gasteiger partial charge < -0.3 is 10.2 Å². The standard InChI is InChI=1S/C24H33N3O/c1-23-13-11-18-16(7-10-20-24(18,2)14-12-22(28)27(20)3)17(23)8-9-19(23)26-21-6-4-5-15-25-21/h4-6,12,14-20H,7-11,13H2,1-3H3,(H,25,26)/t16-,17-,18-,19-,20+,23-,24+/m0/s1. The van der Waals surface area contributed by atoms with E-state index in [0.29, 0.717) is 23.4 Å². The number of hydrogen-bond acceptors (Lipinski definition) is 3. The molecule has 0 radical (unpaired) electrons. The Morgan fingerprint density at radius 2 is 1.96 bits per heavy atom. The van der Waals surface area contributed by atoms with Crippen molar-refractivity contribution >= 4 is 11.7 Å². The molecule has 4 heteroatoms. The van der Waals surface area contributed by atoms with Gasteiger partial charge in [-0.3, -0.25) is 4.79 Å². The minimum absolute atomic E-state index is 0.138. The van der Waals surface area contributed by atoms with Crippen LogP contribution in [0, 0.1) is 28.6 Å². The fourth-order valence-electron chi connectivity index (χ4n) is 7.60. The largest absolute Gasteiger partial charge is 0.367 e. The molecule has 1 N–H and O–H groups in total. The fraction of sp³-hybridized carbons (Fsp3) is 0.667. The summed E-state index contributed by atoms with van der Waals surface area (Å²) in [5.74, 6) is 3.46. The van der Waals surface area contributed by atoms with Crippen molar-refractivity contribution in [2.24, 2.45) is 28.6 Å². The van der Waals surface area contributed by atoms with Gasteiger partial charge in [-0.05, 0) is 79.9 Å². The molecule has 1 aromatic rings. The van der Waals surface area contributed by atoms with Gasteiger partial charge in [0, 0.05) is 30.7 Å². The molecule has 3 fully saturated rings. The van der Waals surface area contributed by atoms with Gasteiger partial charge in [0.25, 0.3) is 0 Å². The van der Waals surface area contributed by atoms with Crippen molar-refractivity contribution in [2.75, 3.05) is 12.4 Å². The molecule has 5 rings (SSSR count). The van der Waals surface area contributed by atoms with E-state index in [1.54, 1.807) is 0 Å². The van der Waals surface area contributed by atoms with Gasteiger partial charge in [0.2, 0.25) is 5.91 Å². The molecular formula is C24H33N3O. The second kappa shape index (κ2) is 6.33. The van der Waals surface area contributed by atoms with E-state index in [1.807, 2.05) is 30.3 Å². The van der Waals surface area contributed by atoms with Crippen molar-refractivity contribution in [1.82, 2.24) is 9.88 Å². The van der Waals surface area contributed by atoms with E-state index in [4.69, 9.17) is 0 Å². The van der Waals surface area contributed by atoms with Gasteiger partial charge in [-0.1, -0.05) is 26.0 Å². The lowest BCUT2D eigenvalue weighted by molar-refractivity contribution is -0.138. The lowest BCUT2D eigenvalue weighted by Crippen LogP contribution is -2.60. The van der Waals surface area contributed by atoms with Crippen molar-refractivity contribution < 1.29 is 4.79 Å². The van der Waals surface area contributed by atoms with Crippen LogP contribution in [0.15, 0.2) is 36.5 Å². The molecule has 1 amide bonds. The van der Waals surface area contributed by atoms with Crippen LogP contribution in [-0.2, 0) is 4.79 Å². The van der Waals surface area contributed by atoms with Crippen molar-refractivity contribution in [2.45, 2.75) is 64.5 Å². The maximum absolute atomic E-state index is 12.2. The SMILES string of the molecule is CN1C(=O)C=C[C@]2(C)[C@H]3CC[C@]4(C)[C@@H](Nc5ccccn5)CC[C@H]4[C@@H]3CC[C@@H]12. The fourth-order valence-corrected chi connectivity index (χ4v) is 7.60. The number of rotatable bonds is 2. The Bertz CT molecular complexity index is 792. The highest BCUT2D eigenvalue weighted by Crippen LogP contribution is 2.64. The Hall–Kier alpha value is -1.84. The minimum atomic E-state index is 0.138. The van der Waals surface area contributed by atoms with Crippen molar-refractivity contribution in [3.63, 3.8) is 0 Å². The van der Waals surface area contributed by atoms with Crippen LogP contribution in [-0.4, -0.2) is 34.9 Å². The number of likely N-dealkylation sites (N-methyl/N-ethyl adjacent to an activating group) is 1. The van der Waals surface area contributed by atoms with Gasteiger partial charge in [0.05, 0.1) is 0 Å². The third kappa shape index (κ3) is 2.49. The molecule has 0 spiro atoms. The number of pyridine rings is 1. The van der Waals surface area contributed by atoms with Crippen LogP contribution in [0.25, 0.3) is 0 Å². The first kappa shape index (κ1) is 18.2. The van der Waals surface area contributed by atoms with E-state index in [1.165, 1.54) is 32.1 Å². The van der Waals surface area contributed by atoms with Crippen LogP contribution >= 0.6 is 0 Å². The zero-order valence-corrected chi connectivity index (χ0v) is 17.4. The summed E-state index contributed by atoms with van der Waals surface area (Å²) >= 11 is 0. The van der Waals surface area contributed by atoms with Crippen molar-refractivity contribution in [1.29, 1.82) is 0 Å². The van der Waals surface area contributed by atoms with E-state index < -0.39 is 0 Å². The molecule has 3 aliphatic carbocycles. The summed E-state index contributed by atoms with van der Waals surface area (Å²) < 4.78 is 0. The molecule has 0 aromatic carbocycles. The van der Waals surface area contributed by atoms with Crippen LogP contribution in [0.5, 0.6) is 0 Å². The minimum Gasteiger partial charge on any atom is -0.367 e. The molecule has 4 aliphatic rings. The first-order valence-electron chi connectivity index (χ1n) is 11.1. The number of carbonyl (C=O) groups excluding carboxylic acids is 1. The molecule has 150 valence electrons. The normalized spacial score (nSPS) is 44.6. The highest BCUT2D eigenvalue weighted by atomic mass is 16.2. The molecule has 1 aliphatic heterocycles. The summed E-state index contributed by atoms with van der Waals surface area (Å²) in [4.78, 5) is 18.8. The lowest BCUT2D eigenvalue weighted by atomic mass is 9.48. The number of nitrogens with zero attached hydrogens (tertiary/aromatic N) is 2. The average molecular weight is 380 g/mol. The smallest absolute Gasteiger partial charge is 0.246 e. The molecule has 28 heavy (non-hydrogen) atoms. The van der Waals surface area contributed by atoms with Gasteiger partial charge in [0.1, 0.15) is 5.82 Å². The third-order valence-electron chi connectivity index (χ3n) is 9.11. The van der Waals surface area contributed by atoms with Crippen LogP contribution in [0.3, 0.4) is 0 Å². The Kier molecular flexibility index (Phi) is 4.12. The third-order valence-corrected chi connectivity index (χ3v) is 9.11. The van der Waals surface area contributed by atoms with E-state index in [9.17, 15) is 4.79 Å². The summed E-state index contributed by atoms with van der Waals surface area (Å²) in [5.41, 5.74) is 0.487. The Labute approximate surface area is 168 Å². The quantitative estimate of drug-likeness (QED) is 0.823. The van der Waals surface area contributed by atoms with Gasteiger partial charge >= 0.3 is 0 Å². The topological polar surface area (TPSA) is 45.2 Å². The molecule has 4 nitrogen and oxygen atoms in total. The zero-order valence-electron chi connectivity index (χ0n) is 17.4. The van der Waals surface area contributed by atoms with Gasteiger partial charge in [-0.25, -0.2) is 4.98 Å². The molecule has 0 saturated heterocycles. The maximum atomic E-state index is 12.2. The number of aromatic nitrogens is 1. The summed E-state index contributed by atoms with van der Waals surface area (Å²) in [6.45, 7) is 4.96. The van der Waals surface area contributed by atoms with Gasteiger partial charge in [0.15, 0.2) is 0 Å². The van der Waals surface area contributed by atoms with Crippen LogP contribution < -0.4 is 5.32 Å². The molecule has 3 saturated carbocycles. The highest BCUT2D eigenvalue weighted by Gasteiger charge is 2.60. The first-order valence-corrected chi connectivity index (χ1v) is 11.1. The predicted molar refractivity (Wildman–Crippen MR) is 112 cm³/mol. The molecular weight excluding hydrogens is 346 g/mol. The average Bonchev–Trinajstić information content (AvgIpc) is 3.02. The van der Waals surface area contributed by atoms with Crippen molar-refractivity contribution in [3.05, 3.63) is 36.5 Å². The Balaban J connectivity index is 1.41. The molecule has 7 atom stereocenters. The Morgan fingerprint density at radius 1 is 1.11 bits per heavy atom. The van der Waals surface area contributed by atoms with Crippen LogP contribution in [0.1, 0.15) is 52.4 Å². The summed E-state index contributed by atoms with van der Waals surface area (Å²) in [5, 5.41) is 3.78. The van der Waals surface area contributed by atoms with Crippen molar-refractivity contribution in [3.8, 4) is 0 Å². The second-order valence-electron chi connectivity index (χ2n) is 10.2. The maximum Gasteiger partial charge on any atom is 0.246 e. The summed E-state index contributed by atoms with van der Waals surface area (Å²) in [6.07, 6.45) is 13.5. The van der Waals surface area contributed by atoms with Crippen LogP contribution in [0.4, 0.5) is 5.82 Å². The summed E-state index contributed by atoms with van der Waals surface area (Å²) in [7, 11) is 2.00. The molecule has 0 bridgehead atoms. The Morgan fingerprint density at radius 3 is 2.75 bits per heavy atom. The van der Waals surface area contributed by atoms with E-state index in [0.717, 1.165) is 24.1 Å². The lowest BCUT2D eigenvalue weighted by Gasteiger charge is -2.60. The van der Waals surface area contributed by atoms with Gasteiger partial charge in [-0.2, -0.15) is 0 Å². The van der Waals surface area contributed by atoms with Gasteiger partial charge in [-0.15, -0.1) is 0 Å². The molecule has 2 heterocycles. The van der Waals surface area contributed by atoms with Crippen LogP contribution in [0.2, 0.25) is 0 Å². The van der Waals surface area contributed by atoms with E-state index >= 15 is 0 Å². The number of nitrogens with one attached hydrogen (secondary N) is 1. The first-order chi connectivity index (χ1) is 13.4. The number of carbonyl (C=O) groups is 1. The predicted octanol–water partition coefficient (Wildman–Crippen LogP) is 4.50. The second-order valence-corrected chi connectivity index (χ2v) is 10.2. The summed E-state index contributed by atoms with van der Waals surface area (Å²) in [6, 6.07) is 7.03. The zero-order chi connectivity index (χ0) is 19.5. The number of hydrogen-bond donors (Lipinski definition) is 1. The monoisotopic (exact) mass is 379 g/mol. The number of anilines is 1. The molecule has 1 aromatic heterocycles. The number of amides is 1. The molecule has 0 unspecified atom stereocenters. The van der Waals surface area contributed by atoms with E-state index in [-0.39, 0.29) is 11.3 Å². The number of fused-ring (bicyclic) bond motifs is 5.